The number of hydrogen-bond donors (Lipinski definition) is 4. The van der Waals surface area contributed by atoms with Crippen molar-refractivity contribution in [2.45, 2.75) is 44.7 Å². The second kappa shape index (κ2) is 11.0. The second-order valence-electron chi connectivity index (χ2n) is 10.2. The molecule has 0 radical (unpaired) electrons. The number of primary amides is 1. The maximum atomic E-state index is 12.8. The first-order valence-corrected chi connectivity index (χ1v) is 12.6. The second-order valence-corrected chi connectivity index (χ2v) is 10.2. The summed E-state index contributed by atoms with van der Waals surface area (Å²) < 4.78 is 0. The fourth-order valence-corrected chi connectivity index (χ4v) is 4.89. The minimum absolute atomic E-state index is 0.116. The van der Waals surface area contributed by atoms with E-state index in [1.54, 1.807) is 24.3 Å². The van der Waals surface area contributed by atoms with Gasteiger partial charge in [0.05, 0.1) is 0 Å². The Hall–Kier alpha value is -4.66. The van der Waals surface area contributed by atoms with E-state index in [0.717, 1.165) is 22.3 Å². The first kappa shape index (κ1) is 27.4. The Morgan fingerprint density at radius 3 is 1.95 bits per heavy atom. The van der Waals surface area contributed by atoms with Gasteiger partial charge in [-0.2, -0.15) is 0 Å². The number of nitrogens with two attached hydrogens (primary N) is 1. The van der Waals surface area contributed by atoms with Gasteiger partial charge in [-0.25, -0.2) is 4.79 Å². The van der Waals surface area contributed by atoms with Crippen molar-refractivity contribution in [3.8, 4) is 11.1 Å². The van der Waals surface area contributed by atoms with Crippen LogP contribution in [0.2, 0.25) is 0 Å². The largest absolute Gasteiger partial charge is 0.465 e. The zero-order valence-electron chi connectivity index (χ0n) is 22.1. The minimum Gasteiger partial charge on any atom is -0.465 e. The van der Waals surface area contributed by atoms with Crippen molar-refractivity contribution in [1.29, 1.82) is 0 Å². The molecule has 0 aliphatic heterocycles. The van der Waals surface area contributed by atoms with Crippen molar-refractivity contribution >= 4 is 29.5 Å². The Morgan fingerprint density at radius 2 is 1.46 bits per heavy atom. The molecule has 0 saturated carbocycles. The molecule has 9 heteroatoms. The van der Waals surface area contributed by atoms with Crippen LogP contribution in [0.5, 0.6) is 0 Å². The number of carbonyl (C=O) groups is 4. The van der Waals surface area contributed by atoms with Crippen LogP contribution in [0.1, 0.15) is 43.4 Å². The van der Waals surface area contributed by atoms with E-state index in [1.807, 2.05) is 36.4 Å². The van der Waals surface area contributed by atoms with Crippen LogP contribution in [0.25, 0.3) is 11.1 Å². The fourth-order valence-electron chi connectivity index (χ4n) is 4.89. The van der Waals surface area contributed by atoms with E-state index >= 15 is 0 Å². The fraction of sp³-hybridized carbons (Fsp3) is 0.267. The molecule has 202 valence electrons. The minimum atomic E-state index is -1.29. The molecular weight excluding hydrogens is 496 g/mol. The van der Waals surface area contributed by atoms with E-state index in [2.05, 4.69) is 22.8 Å². The molecule has 39 heavy (non-hydrogen) atoms. The summed E-state index contributed by atoms with van der Waals surface area (Å²) in [5.74, 6) is -1.78. The number of hydrogen-bond acceptors (Lipinski definition) is 4. The molecule has 0 aromatic heterocycles. The Bertz CT molecular complexity index is 1370. The Morgan fingerprint density at radius 1 is 0.923 bits per heavy atom. The van der Waals surface area contributed by atoms with Crippen LogP contribution in [-0.4, -0.2) is 47.0 Å². The molecule has 5 N–H and O–H groups in total. The summed E-state index contributed by atoms with van der Waals surface area (Å²) in [4.78, 5) is 49.9. The Labute approximate surface area is 227 Å². The standard InChI is InChI=1S/C30H32N4O5/c1-18(35)32-26(27(36)33-30(2,3)28(31)37)16-19-12-14-20(15-13-19)34(29(38)39)17-25-23-10-6-4-8-21(23)22-9-5-7-11-24(22)25/h4-15,25-26H,16-17H2,1-3H3,(H2,31,37)(H,32,35)(H,33,36)(H,38,39)/t26-/m0/s1. The van der Waals surface area contributed by atoms with Gasteiger partial charge < -0.3 is 21.5 Å². The van der Waals surface area contributed by atoms with Crippen LogP contribution in [0, 0.1) is 0 Å². The van der Waals surface area contributed by atoms with Gasteiger partial charge in [-0.1, -0.05) is 60.7 Å². The summed E-state index contributed by atoms with van der Waals surface area (Å²) in [7, 11) is 0. The molecule has 1 aliphatic rings. The lowest BCUT2D eigenvalue weighted by molar-refractivity contribution is -0.133. The van der Waals surface area contributed by atoms with Crippen LogP contribution >= 0.6 is 0 Å². The highest BCUT2D eigenvalue weighted by molar-refractivity contribution is 5.93. The predicted molar refractivity (Wildman–Crippen MR) is 148 cm³/mol. The summed E-state index contributed by atoms with van der Waals surface area (Å²) in [6.07, 6.45) is -0.939. The van der Waals surface area contributed by atoms with Gasteiger partial charge in [0.15, 0.2) is 0 Å². The zero-order chi connectivity index (χ0) is 28.3. The number of anilines is 1. The summed E-state index contributed by atoms with van der Waals surface area (Å²) in [6, 6.07) is 21.9. The molecule has 0 spiro atoms. The van der Waals surface area contributed by atoms with E-state index in [0.29, 0.717) is 11.3 Å². The number of fused-ring (bicyclic) bond motifs is 3. The molecule has 4 amide bonds. The average Bonchev–Trinajstić information content (AvgIpc) is 3.20. The van der Waals surface area contributed by atoms with Gasteiger partial charge in [0.25, 0.3) is 0 Å². The van der Waals surface area contributed by atoms with Crippen molar-refractivity contribution in [1.82, 2.24) is 10.6 Å². The van der Waals surface area contributed by atoms with Crippen molar-refractivity contribution in [2.24, 2.45) is 5.73 Å². The van der Waals surface area contributed by atoms with Gasteiger partial charge in [0.1, 0.15) is 11.6 Å². The van der Waals surface area contributed by atoms with E-state index in [1.165, 1.54) is 25.7 Å². The molecule has 9 nitrogen and oxygen atoms in total. The molecule has 0 bridgehead atoms. The van der Waals surface area contributed by atoms with Gasteiger partial charge in [-0.05, 0) is 53.8 Å². The van der Waals surface area contributed by atoms with Gasteiger partial charge >= 0.3 is 6.09 Å². The molecule has 3 aromatic carbocycles. The third kappa shape index (κ3) is 5.93. The van der Waals surface area contributed by atoms with Crippen LogP contribution in [0.15, 0.2) is 72.8 Å². The predicted octanol–water partition coefficient (Wildman–Crippen LogP) is 3.41. The quantitative estimate of drug-likeness (QED) is 0.337. The van der Waals surface area contributed by atoms with Crippen molar-refractivity contribution < 1.29 is 24.3 Å². The number of benzene rings is 3. The maximum Gasteiger partial charge on any atom is 0.411 e. The number of carboxylic acid groups (broad SMARTS) is 1. The Kier molecular flexibility index (Phi) is 7.71. The molecule has 4 rings (SSSR count). The normalized spacial score (nSPS) is 13.1. The van der Waals surface area contributed by atoms with Crippen molar-refractivity contribution in [3.05, 3.63) is 89.5 Å². The molecule has 1 atom stereocenters. The van der Waals surface area contributed by atoms with E-state index < -0.39 is 35.4 Å². The molecular formula is C30H32N4O5. The van der Waals surface area contributed by atoms with Crippen LogP contribution in [0.3, 0.4) is 0 Å². The first-order valence-electron chi connectivity index (χ1n) is 12.6. The van der Waals surface area contributed by atoms with Crippen LogP contribution in [-0.2, 0) is 20.8 Å². The molecule has 0 heterocycles. The number of amides is 4. The summed E-state index contributed by atoms with van der Waals surface area (Å²) in [5.41, 5.74) is 9.65. The van der Waals surface area contributed by atoms with Crippen molar-refractivity contribution in [3.63, 3.8) is 0 Å². The summed E-state index contributed by atoms with van der Waals surface area (Å²) in [6.45, 7) is 4.50. The Balaban J connectivity index is 1.55. The highest BCUT2D eigenvalue weighted by Gasteiger charge is 2.32. The number of carbonyl (C=O) groups excluding carboxylic acids is 3. The molecule has 3 aromatic rings. The van der Waals surface area contributed by atoms with Gasteiger partial charge in [0, 0.05) is 31.5 Å². The van der Waals surface area contributed by atoms with Gasteiger partial charge in [-0.15, -0.1) is 0 Å². The monoisotopic (exact) mass is 528 g/mol. The van der Waals surface area contributed by atoms with Crippen molar-refractivity contribution in [2.75, 3.05) is 11.4 Å². The third-order valence-electron chi connectivity index (χ3n) is 6.99. The van der Waals surface area contributed by atoms with Crippen LogP contribution < -0.4 is 21.3 Å². The lowest BCUT2D eigenvalue weighted by Gasteiger charge is -2.26. The van der Waals surface area contributed by atoms with E-state index in [4.69, 9.17) is 5.73 Å². The highest BCUT2D eigenvalue weighted by Crippen LogP contribution is 2.45. The van der Waals surface area contributed by atoms with Gasteiger partial charge in [-0.3, -0.25) is 19.3 Å². The van der Waals surface area contributed by atoms with E-state index in [9.17, 15) is 24.3 Å². The summed E-state index contributed by atoms with van der Waals surface area (Å²) >= 11 is 0. The first-order chi connectivity index (χ1) is 18.5. The summed E-state index contributed by atoms with van der Waals surface area (Å²) in [5, 5.41) is 15.3. The lowest BCUT2D eigenvalue weighted by atomic mass is 9.96. The number of rotatable bonds is 9. The molecule has 1 aliphatic carbocycles. The maximum absolute atomic E-state index is 12.8. The average molecular weight is 529 g/mol. The van der Waals surface area contributed by atoms with E-state index in [-0.39, 0.29) is 18.9 Å². The number of nitrogens with one attached hydrogen (secondary N) is 2. The molecule has 0 saturated heterocycles. The molecule has 0 unspecified atom stereocenters. The third-order valence-corrected chi connectivity index (χ3v) is 6.99. The molecule has 0 fully saturated rings. The highest BCUT2D eigenvalue weighted by atomic mass is 16.4. The lowest BCUT2D eigenvalue weighted by Crippen LogP contribution is -2.58. The number of nitrogens with zero attached hydrogens (tertiary/aromatic N) is 1. The topological polar surface area (TPSA) is 142 Å². The van der Waals surface area contributed by atoms with Crippen LogP contribution in [0.4, 0.5) is 10.5 Å². The van der Waals surface area contributed by atoms with Gasteiger partial charge in [0.2, 0.25) is 17.7 Å². The smallest absolute Gasteiger partial charge is 0.411 e. The SMILES string of the molecule is CC(=O)N[C@@H](Cc1ccc(N(CC2c3ccccc3-c3ccccc32)C(=O)O)cc1)C(=O)NC(C)(C)C(N)=O. The zero-order valence-corrected chi connectivity index (χ0v) is 22.1.